The molecule has 0 saturated heterocycles. The van der Waals surface area contributed by atoms with Crippen molar-refractivity contribution in [1.82, 2.24) is 9.62 Å². The minimum absolute atomic E-state index is 0.0562. The van der Waals surface area contributed by atoms with Crippen molar-refractivity contribution in [2.24, 2.45) is 0 Å². The third-order valence-electron chi connectivity index (χ3n) is 5.97. The molecule has 1 aliphatic heterocycles. The Bertz CT molecular complexity index is 1170. The Kier molecular flexibility index (Phi) is 8.97. The summed E-state index contributed by atoms with van der Waals surface area (Å²) in [6.45, 7) is 4.07. The number of carboxylic acid groups (broad SMARTS) is 1. The van der Waals surface area contributed by atoms with Gasteiger partial charge in [-0.2, -0.15) is 0 Å². The van der Waals surface area contributed by atoms with Gasteiger partial charge in [-0.05, 0) is 50.5 Å². The summed E-state index contributed by atoms with van der Waals surface area (Å²) < 4.78 is 40.3. The van der Waals surface area contributed by atoms with Crippen LogP contribution in [0.5, 0.6) is 11.5 Å². The fourth-order valence-electron chi connectivity index (χ4n) is 4.18. The molecule has 36 heavy (non-hydrogen) atoms. The number of nitrogens with one attached hydrogen (secondary N) is 1. The molecule has 0 spiro atoms. The lowest BCUT2D eigenvalue weighted by Crippen LogP contribution is -2.42. The summed E-state index contributed by atoms with van der Waals surface area (Å²) in [5, 5.41) is 8.72. The maximum Gasteiger partial charge on any atom is 0.303 e. The predicted octanol–water partition coefficient (Wildman–Crippen LogP) is 3.15. The molecule has 0 radical (unpaired) electrons. The van der Waals surface area contributed by atoms with Crippen molar-refractivity contribution in [2.45, 2.75) is 51.2 Å². The summed E-state index contributed by atoms with van der Waals surface area (Å²) in [7, 11) is -2.27. The number of carbonyl (C=O) groups excluding carboxylic acids is 1. The van der Waals surface area contributed by atoms with Crippen molar-refractivity contribution >= 4 is 21.9 Å². The van der Waals surface area contributed by atoms with E-state index >= 15 is 0 Å². The van der Waals surface area contributed by atoms with Gasteiger partial charge in [0.15, 0.2) is 0 Å². The molecule has 2 aromatic rings. The average molecular weight is 519 g/mol. The third kappa shape index (κ3) is 8.23. The van der Waals surface area contributed by atoms with E-state index in [1.807, 2.05) is 56.3 Å². The summed E-state index contributed by atoms with van der Waals surface area (Å²) in [5.41, 5.74) is 1.22. The molecule has 0 bridgehead atoms. The fourth-order valence-corrected chi connectivity index (χ4v) is 5.47. The van der Waals surface area contributed by atoms with Crippen molar-refractivity contribution in [3.05, 3.63) is 59.7 Å². The average Bonchev–Trinajstić information content (AvgIpc) is 2.81. The zero-order chi connectivity index (χ0) is 26.3. The molecule has 10 heteroatoms. The highest BCUT2D eigenvalue weighted by molar-refractivity contribution is 7.89. The first-order chi connectivity index (χ1) is 16.9. The van der Waals surface area contributed by atoms with Gasteiger partial charge in [0.05, 0.1) is 12.3 Å². The molecule has 0 fully saturated rings. The third-order valence-corrected chi connectivity index (χ3v) is 7.39. The number of amides is 1. The van der Waals surface area contributed by atoms with Crippen LogP contribution in [0.25, 0.3) is 0 Å². The normalized spacial score (nSPS) is 16.5. The number of carbonyl (C=O) groups is 2. The SMILES string of the molecule is CN(CCCC(=O)O)C(=O)CNS(=O)(=O)CC1CC(C)(C)Oc2ccc(OCc3ccccc3)cc21. The molecule has 1 unspecified atom stereocenters. The van der Waals surface area contributed by atoms with Gasteiger partial charge in [-0.15, -0.1) is 0 Å². The minimum Gasteiger partial charge on any atom is -0.489 e. The zero-order valence-electron chi connectivity index (χ0n) is 20.9. The fraction of sp³-hybridized carbons (Fsp3) is 0.462. The highest BCUT2D eigenvalue weighted by Crippen LogP contribution is 2.43. The van der Waals surface area contributed by atoms with Gasteiger partial charge in [0, 0.05) is 31.5 Å². The van der Waals surface area contributed by atoms with E-state index in [0.29, 0.717) is 30.9 Å². The van der Waals surface area contributed by atoms with Gasteiger partial charge in [0.2, 0.25) is 15.9 Å². The van der Waals surface area contributed by atoms with Gasteiger partial charge < -0.3 is 19.5 Å². The van der Waals surface area contributed by atoms with Gasteiger partial charge >= 0.3 is 5.97 Å². The summed E-state index contributed by atoms with van der Waals surface area (Å²) in [6.07, 6.45) is 0.721. The van der Waals surface area contributed by atoms with E-state index in [4.69, 9.17) is 14.6 Å². The second-order valence-electron chi connectivity index (χ2n) is 9.65. The standard InChI is InChI=1S/C26H34N2O7S/c1-26(2)15-20(18-36(32,33)27-16-24(29)28(3)13-7-10-25(30)31)22-14-21(11-12-23(22)35-26)34-17-19-8-5-4-6-9-19/h4-6,8-9,11-12,14,20,27H,7,10,13,15-18H2,1-3H3,(H,30,31). The molecule has 1 aliphatic rings. The van der Waals surface area contributed by atoms with E-state index in [9.17, 15) is 18.0 Å². The number of hydrogen-bond donors (Lipinski definition) is 2. The Morgan fingerprint density at radius 2 is 1.92 bits per heavy atom. The van der Waals surface area contributed by atoms with Crippen LogP contribution < -0.4 is 14.2 Å². The smallest absolute Gasteiger partial charge is 0.303 e. The van der Waals surface area contributed by atoms with Crippen LogP contribution >= 0.6 is 0 Å². The lowest BCUT2D eigenvalue weighted by atomic mass is 9.85. The summed E-state index contributed by atoms with van der Waals surface area (Å²) in [4.78, 5) is 24.3. The highest BCUT2D eigenvalue weighted by Gasteiger charge is 2.36. The Hall–Kier alpha value is -3.11. The van der Waals surface area contributed by atoms with Crippen molar-refractivity contribution in [1.29, 1.82) is 0 Å². The number of hydrogen-bond acceptors (Lipinski definition) is 6. The lowest BCUT2D eigenvalue weighted by molar-refractivity contribution is -0.137. The first kappa shape index (κ1) is 27.5. The quantitative estimate of drug-likeness (QED) is 0.443. The van der Waals surface area contributed by atoms with Crippen molar-refractivity contribution in [3.8, 4) is 11.5 Å². The molecule has 0 aromatic heterocycles. The van der Waals surface area contributed by atoms with Gasteiger partial charge in [0.25, 0.3) is 0 Å². The van der Waals surface area contributed by atoms with Crippen LogP contribution in [0.1, 0.15) is 50.2 Å². The predicted molar refractivity (Wildman–Crippen MR) is 136 cm³/mol. The van der Waals surface area contributed by atoms with Crippen molar-refractivity contribution in [3.63, 3.8) is 0 Å². The molecule has 9 nitrogen and oxygen atoms in total. The molecule has 1 heterocycles. The largest absolute Gasteiger partial charge is 0.489 e. The van der Waals surface area contributed by atoms with Gasteiger partial charge in [-0.3, -0.25) is 9.59 Å². The monoisotopic (exact) mass is 518 g/mol. The number of sulfonamides is 1. The van der Waals surface area contributed by atoms with Crippen LogP contribution in [0.2, 0.25) is 0 Å². The summed E-state index contributed by atoms with van der Waals surface area (Å²) >= 11 is 0. The molecule has 3 rings (SSSR count). The van der Waals surface area contributed by atoms with Crippen molar-refractivity contribution in [2.75, 3.05) is 25.9 Å². The molecule has 0 saturated carbocycles. The molecule has 1 atom stereocenters. The Balaban J connectivity index is 1.66. The first-order valence-electron chi connectivity index (χ1n) is 11.9. The first-order valence-corrected chi connectivity index (χ1v) is 13.5. The molecule has 196 valence electrons. The number of fused-ring (bicyclic) bond motifs is 1. The van der Waals surface area contributed by atoms with Crippen LogP contribution in [0.15, 0.2) is 48.5 Å². The van der Waals surface area contributed by atoms with E-state index in [0.717, 1.165) is 11.1 Å². The minimum atomic E-state index is -3.79. The number of ether oxygens (including phenoxy) is 2. The van der Waals surface area contributed by atoms with Crippen molar-refractivity contribution < 1.29 is 32.6 Å². The Morgan fingerprint density at radius 1 is 1.19 bits per heavy atom. The number of aliphatic carboxylic acids is 1. The molecule has 2 N–H and O–H groups in total. The number of carboxylic acids is 1. The van der Waals surface area contributed by atoms with Crippen LogP contribution in [0.4, 0.5) is 0 Å². The maximum atomic E-state index is 12.9. The highest BCUT2D eigenvalue weighted by atomic mass is 32.2. The molecule has 1 amide bonds. The Morgan fingerprint density at radius 3 is 2.61 bits per heavy atom. The lowest BCUT2D eigenvalue weighted by Gasteiger charge is -2.37. The van der Waals surface area contributed by atoms with E-state index in [1.165, 1.54) is 11.9 Å². The molecule has 0 aliphatic carbocycles. The van der Waals surface area contributed by atoms with Crippen LogP contribution in [-0.2, 0) is 26.2 Å². The summed E-state index contributed by atoms with van der Waals surface area (Å²) in [6, 6.07) is 15.2. The maximum absolute atomic E-state index is 12.9. The van der Waals surface area contributed by atoms with Gasteiger partial charge in [-0.1, -0.05) is 30.3 Å². The van der Waals surface area contributed by atoms with Crippen LogP contribution in [0, 0.1) is 0 Å². The van der Waals surface area contributed by atoms with Gasteiger partial charge in [0.1, 0.15) is 23.7 Å². The van der Waals surface area contributed by atoms with E-state index in [-0.39, 0.29) is 31.2 Å². The van der Waals surface area contributed by atoms with E-state index < -0.39 is 27.5 Å². The van der Waals surface area contributed by atoms with Crippen LogP contribution in [-0.4, -0.2) is 61.8 Å². The Labute approximate surface area is 212 Å². The molecular weight excluding hydrogens is 484 g/mol. The van der Waals surface area contributed by atoms with E-state index in [1.54, 1.807) is 6.07 Å². The van der Waals surface area contributed by atoms with Gasteiger partial charge in [-0.25, -0.2) is 13.1 Å². The molecular formula is C26H34N2O7S. The van der Waals surface area contributed by atoms with E-state index in [2.05, 4.69) is 4.72 Å². The summed E-state index contributed by atoms with van der Waals surface area (Å²) in [5.74, 6) is -0.685. The van der Waals surface area contributed by atoms with Crippen LogP contribution in [0.3, 0.4) is 0 Å². The molecule has 2 aromatic carbocycles. The number of likely N-dealkylation sites (N-methyl/N-ethyl adjacent to an activating group) is 1. The zero-order valence-corrected chi connectivity index (χ0v) is 21.7. The second kappa shape index (κ2) is 11.7. The number of benzene rings is 2. The number of rotatable bonds is 12. The topological polar surface area (TPSA) is 122 Å². The second-order valence-corrected chi connectivity index (χ2v) is 11.5. The number of nitrogens with zero attached hydrogens (tertiary/aromatic N) is 1.